The van der Waals surface area contributed by atoms with E-state index in [1.807, 2.05) is 13.2 Å². The number of aromatic nitrogens is 2. The molecular weight excluding hydrogens is 198 g/mol. The van der Waals surface area contributed by atoms with E-state index in [1.165, 1.54) is 37.9 Å². The lowest BCUT2D eigenvalue weighted by molar-refractivity contribution is 0.548. The minimum atomic E-state index is 1.10. The van der Waals surface area contributed by atoms with E-state index < -0.39 is 0 Å². The molecule has 16 heavy (non-hydrogen) atoms. The van der Waals surface area contributed by atoms with Crippen molar-refractivity contribution in [3.63, 3.8) is 0 Å². The maximum atomic E-state index is 4.39. The Morgan fingerprint density at radius 2 is 2.06 bits per heavy atom. The molecule has 0 aliphatic rings. The molecule has 3 nitrogen and oxygen atoms in total. The fraction of sp³-hybridized carbons (Fsp3) is 0.769. The van der Waals surface area contributed by atoms with E-state index in [0.717, 1.165) is 19.5 Å². The van der Waals surface area contributed by atoms with Crippen molar-refractivity contribution in [3.05, 3.63) is 18.2 Å². The number of aryl methyl sites for hydroxylation is 2. The number of hydrogen-bond acceptors (Lipinski definition) is 2. The van der Waals surface area contributed by atoms with Crippen molar-refractivity contribution < 1.29 is 0 Å². The predicted octanol–water partition coefficient (Wildman–Crippen LogP) is 2.62. The number of hydrogen-bond donors (Lipinski definition) is 1. The van der Waals surface area contributed by atoms with Gasteiger partial charge in [-0.1, -0.05) is 19.8 Å². The number of nitrogens with one attached hydrogen (secondary N) is 1. The van der Waals surface area contributed by atoms with Crippen LogP contribution < -0.4 is 5.32 Å². The standard InChI is InChI=1S/C13H25N3/c1-3-8-13-15-10-12-16(13)11-7-5-4-6-9-14-2/h10,12,14H,3-9,11H2,1-2H3. The van der Waals surface area contributed by atoms with Gasteiger partial charge in [0.15, 0.2) is 0 Å². The van der Waals surface area contributed by atoms with Gasteiger partial charge in [0.2, 0.25) is 0 Å². The molecule has 0 radical (unpaired) electrons. The quantitative estimate of drug-likeness (QED) is 0.652. The summed E-state index contributed by atoms with van der Waals surface area (Å²) >= 11 is 0. The molecule has 0 saturated heterocycles. The summed E-state index contributed by atoms with van der Waals surface area (Å²) in [7, 11) is 2.02. The average Bonchev–Trinajstić information content (AvgIpc) is 2.72. The van der Waals surface area contributed by atoms with Gasteiger partial charge in [0.1, 0.15) is 5.82 Å². The summed E-state index contributed by atoms with van der Waals surface area (Å²) in [5.41, 5.74) is 0. The van der Waals surface area contributed by atoms with Crippen molar-refractivity contribution in [1.82, 2.24) is 14.9 Å². The van der Waals surface area contributed by atoms with Crippen molar-refractivity contribution in [2.24, 2.45) is 0 Å². The molecule has 1 N–H and O–H groups in total. The van der Waals surface area contributed by atoms with Gasteiger partial charge in [-0.05, 0) is 32.9 Å². The lowest BCUT2D eigenvalue weighted by Crippen LogP contribution is -2.07. The summed E-state index contributed by atoms with van der Waals surface area (Å²) < 4.78 is 2.31. The van der Waals surface area contributed by atoms with Gasteiger partial charge in [-0.2, -0.15) is 0 Å². The first-order valence-electron chi connectivity index (χ1n) is 6.53. The highest BCUT2D eigenvalue weighted by atomic mass is 15.1. The van der Waals surface area contributed by atoms with E-state index in [0.29, 0.717) is 0 Å². The molecule has 0 fully saturated rings. The maximum Gasteiger partial charge on any atom is 0.108 e. The Labute approximate surface area is 99.3 Å². The van der Waals surface area contributed by atoms with Gasteiger partial charge in [-0.25, -0.2) is 4.98 Å². The Hall–Kier alpha value is -0.830. The predicted molar refractivity (Wildman–Crippen MR) is 68.6 cm³/mol. The van der Waals surface area contributed by atoms with E-state index in [4.69, 9.17) is 0 Å². The highest BCUT2D eigenvalue weighted by Gasteiger charge is 2.00. The number of nitrogens with zero attached hydrogens (tertiary/aromatic N) is 2. The lowest BCUT2D eigenvalue weighted by atomic mass is 10.2. The van der Waals surface area contributed by atoms with Gasteiger partial charge in [0, 0.05) is 25.4 Å². The first kappa shape index (κ1) is 13.2. The zero-order chi connectivity index (χ0) is 11.6. The Morgan fingerprint density at radius 1 is 1.25 bits per heavy atom. The van der Waals surface area contributed by atoms with Crippen LogP contribution in [0.2, 0.25) is 0 Å². The summed E-state index contributed by atoms with van der Waals surface area (Å²) in [6, 6.07) is 0. The van der Waals surface area contributed by atoms with Gasteiger partial charge in [0.25, 0.3) is 0 Å². The molecule has 0 atom stereocenters. The number of imidazole rings is 1. The van der Waals surface area contributed by atoms with Crippen LogP contribution >= 0.6 is 0 Å². The zero-order valence-corrected chi connectivity index (χ0v) is 10.7. The molecule has 0 bridgehead atoms. The summed E-state index contributed by atoms with van der Waals surface area (Å²) in [6.07, 6.45) is 11.5. The van der Waals surface area contributed by atoms with Crippen molar-refractivity contribution in [2.45, 2.75) is 52.0 Å². The molecule has 1 heterocycles. The third-order valence-electron chi connectivity index (χ3n) is 2.85. The van der Waals surface area contributed by atoms with Crippen molar-refractivity contribution >= 4 is 0 Å². The normalized spacial score (nSPS) is 10.9. The third kappa shape index (κ3) is 4.79. The van der Waals surface area contributed by atoms with Gasteiger partial charge in [0.05, 0.1) is 0 Å². The minimum absolute atomic E-state index is 1.10. The van der Waals surface area contributed by atoms with Crippen molar-refractivity contribution in [1.29, 1.82) is 0 Å². The van der Waals surface area contributed by atoms with Crippen LogP contribution in [0.25, 0.3) is 0 Å². The Balaban J connectivity index is 2.13. The number of unbranched alkanes of at least 4 members (excludes halogenated alkanes) is 3. The zero-order valence-electron chi connectivity index (χ0n) is 10.7. The van der Waals surface area contributed by atoms with E-state index >= 15 is 0 Å². The van der Waals surface area contributed by atoms with Crippen molar-refractivity contribution in [2.75, 3.05) is 13.6 Å². The summed E-state index contributed by atoms with van der Waals surface area (Å²) in [4.78, 5) is 4.39. The second kappa shape index (κ2) is 8.34. The van der Waals surface area contributed by atoms with Crippen LogP contribution in [0.15, 0.2) is 12.4 Å². The van der Waals surface area contributed by atoms with Crippen LogP contribution in [-0.4, -0.2) is 23.1 Å². The smallest absolute Gasteiger partial charge is 0.108 e. The molecule has 1 rings (SSSR count). The van der Waals surface area contributed by atoms with Gasteiger partial charge in [-0.3, -0.25) is 0 Å². The highest BCUT2D eigenvalue weighted by Crippen LogP contribution is 2.06. The van der Waals surface area contributed by atoms with Crippen LogP contribution in [0.4, 0.5) is 0 Å². The first-order chi connectivity index (χ1) is 7.88. The van der Waals surface area contributed by atoms with E-state index in [9.17, 15) is 0 Å². The molecule has 1 aromatic rings. The molecule has 1 aromatic heterocycles. The molecule has 92 valence electrons. The molecule has 0 unspecified atom stereocenters. The molecular formula is C13H25N3. The first-order valence-corrected chi connectivity index (χ1v) is 6.53. The van der Waals surface area contributed by atoms with Crippen LogP contribution in [-0.2, 0) is 13.0 Å². The molecule has 0 saturated carbocycles. The van der Waals surface area contributed by atoms with Gasteiger partial charge < -0.3 is 9.88 Å². The van der Waals surface area contributed by atoms with E-state index in [2.05, 4.69) is 28.0 Å². The van der Waals surface area contributed by atoms with Crippen LogP contribution in [0.3, 0.4) is 0 Å². The summed E-state index contributed by atoms with van der Waals surface area (Å²) in [6.45, 7) is 4.48. The Bertz CT molecular complexity index is 268. The van der Waals surface area contributed by atoms with Crippen LogP contribution in [0, 0.1) is 0 Å². The number of rotatable bonds is 9. The van der Waals surface area contributed by atoms with Crippen LogP contribution in [0.1, 0.15) is 44.9 Å². The van der Waals surface area contributed by atoms with Gasteiger partial charge in [-0.15, -0.1) is 0 Å². The lowest BCUT2D eigenvalue weighted by Gasteiger charge is -2.06. The van der Waals surface area contributed by atoms with Crippen molar-refractivity contribution in [3.8, 4) is 0 Å². The Morgan fingerprint density at radius 3 is 2.81 bits per heavy atom. The second-order valence-corrected chi connectivity index (χ2v) is 4.30. The molecule has 0 aliphatic heterocycles. The summed E-state index contributed by atoms with van der Waals surface area (Å²) in [5, 5.41) is 3.18. The fourth-order valence-electron chi connectivity index (χ4n) is 1.93. The topological polar surface area (TPSA) is 29.9 Å². The molecule has 0 amide bonds. The minimum Gasteiger partial charge on any atom is -0.335 e. The average molecular weight is 223 g/mol. The van der Waals surface area contributed by atoms with Gasteiger partial charge >= 0.3 is 0 Å². The largest absolute Gasteiger partial charge is 0.335 e. The highest BCUT2D eigenvalue weighted by molar-refractivity contribution is 4.92. The molecule has 0 spiro atoms. The van der Waals surface area contributed by atoms with Crippen LogP contribution in [0.5, 0.6) is 0 Å². The Kier molecular flexibility index (Phi) is 6.90. The second-order valence-electron chi connectivity index (χ2n) is 4.30. The SMILES string of the molecule is CCCc1nccn1CCCCCCNC. The monoisotopic (exact) mass is 223 g/mol. The molecule has 3 heteroatoms. The van der Waals surface area contributed by atoms with E-state index in [1.54, 1.807) is 0 Å². The molecule has 0 aromatic carbocycles. The summed E-state index contributed by atoms with van der Waals surface area (Å²) in [5.74, 6) is 1.25. The third-order valence-corrected chi connectivity index (χ3v) is 2.85. The maximum absolute atomic E-state index is 4.39. The molecule has 0 aliphatic carbocycles. The fourth-order valence-corrected chi connectivity index (χ4v) is 1.93. The van der Waals surface area contributed by atoms with E-state index in [-0.39, 0.29) is 0 Å².